The molecule has 8 aromatic carbocycles. The van der Waals surface area contributed by atoms with Crippen LogP contribution in [-0.2, 0) is 40.5 Å². The van der Waals surface area contributed by atoms with Crippen LogP contribution in [0.3, 0.4) is 0 Å². The number of benzene rings is 8. The first-order chi connectivity index (χ1) is 37.8. The van der Waals surface area contributed by atoms with Crippen molar-refractivity contribution in [2.45, 2.75) is 19.6 Å². The van der Waals surface area contributed by atoms with Gasteiger partial charge in [-0.15, -0.1) is 20.5 Å². The first-order valence-electron chi connectivity index (χ1n) is 22.2. The van der Waals surface area contributed by atoms with Crippen LogP contribution in [0, 0.1) is 0 Å². The number of anilines is 4. The summed E-state index contributed by atoms with van der Waals surface area (Å²) in [5.74, 6) is 0. The maximum Gasteiger partial charge on any atom is 0.295 e. The van der Waals surface area contributed by atoms with E-state index in [0.29, 0.717) is 34.1 Å². The third kappa shape index (κ3) is 14.4. The summed E-state index contributed by atoms with van der Waals surface area (Å²) in [6.07, 6.45) is 0. The molecule has 8 aromatic rings. The highest BCUT2D eigenvalue weighted by molar-refractivity contribution is 7.86. The second kappa shape index (κ2) is 23.0. The van der Waals surface area contributed by atoms with Crippen molar-refractivity contribution in [3.63, 3.8) is 0 Å². The van der Waals surface area contributed by atoms with E-state index in [4.69, 9.17) is 32.0 Å². The highest BCUT2D eigenvalue weighted by atomic mass is 32.2. The van der Waals surface area contributed by atoms with Crippen molar-refractivity contribution >= 4 is 131 Å². The molecule has 0 unspecified atom stereocenters. The zero-order valence-corrected chi connectivity index (χ0v) is 43.6. The molecule has 12 N–H and O–H groups in total. The Morgan fingerprint density at radius 1 is 0.250 bits per heavy atom. The molecular formula is C48H38N16O12S4. The topological polar surface area (TPSA) is 470 Å². The molecule has 0 aliphatic carbocycles. The fourth-order valence-electron chi connectivity index (χ4n) is 6.81. The standard InChI is InChI=1S/C48H38N16O12S4/c49-39-23-41(51)45(25-43(39)61-57-29-5-1-27(2-6-29)53-55-31-9-15-35(16-10-31)77(65,66)67)63-59-33-13-19-37(47(21-33)79(71,72)73)38-20-14-34(22-48(38)80(74,75)76)60-64-46-26-44(40(50)24-42(46)52)62-58-30-7-3-28(4-8-30)54-56-32-11-17-36(18-12-32)78(68,69)70/h1-26H,49-52H2,(H,65,66,67)(H,68,69,70)(H,71,72,73)(H,74,75,76)/b55-53+,56-54?,61-57?,62-58?,63-59?,64-60?. The van der Waals surface area contributed by atoms with E-state index in [9.17, 15) is 42.8 Å². The van der Waals surface area contributed by atoms with E-state index in [1.54, 1.807) is 48.5 Å². The molecular weight excluding hydrogens is 1120 g/mol. The molecule has 0 saturated heterocycles. The summed E-state index contributed by atoms with van der Waals surface area (Å²) in [4.78, 5) is -2.23. The summed E-state index contributed by atoms with van der Waals surface area (Å²) < 4.78 is 135. The van der Waals surface area contributed by atoms with Crippen LogP contribution in [0.25, 0.3) is 11.1 Å². The first kappa shape index (κ1) is 56.4. The van der Waals surface area contributed by atoms with Gasteiger partial charge in [-0.1, -0.05) is 12.1 Å². The summed E-state index contributed by atoms with van der Waals surface area (Å²) in [5.41, 5.74) is 26.3. The Balaban J connectivity index is 0.972. The van der Waals surface area contributed by atoms with Crippen LogP contribution in [0.1, 0.15) is 0 Å². The number of nitrogens with zero attached hydrogens (tertiary/aromatic N) is 12. The van der Waals surface area contributed by atoms with E-state index < -0.39 is 50.3 Å². The lowest BCUT2D eigenvalue weighted by Crippen LogP contribution is -2.05. The molecule has 0 fully saturated rings. The molecule has 0 aromatic heterocycles. The fraction of sp³-hybridized carbons (Fsp3) is 0. The zero-order valence-electron chi connectivity index (χ0n) is 40.4. The lowest BCUT2D eigenvalue weighted by Gasteiger charge is -2.12. The van der Waals surface area contributed by atoms with Crippen molar-refractivity contribution < 1.29 is 51.9 Å². The molecule has 0 aliphatic rings. The summed E-state index contributed by atoms with van der Waals surface area (Å²) in [7, 11) is -19.0. The van der Waals surface area contributed by atoms with Crippen LogP contribution < -0.4 is 22.9 Å². The molecule has 0 spiro atoms. The van der Waals surface area contributed by atoms with Crippen LogP contribution in [0.4, 0.5) is 91.0 Å². The highest BCUT2D eigenvalue weighted by Gasteiger charge is 2.25. The number of nitrogen functional groups attached to an aromatic ring is 4. The predicted octanol–water partition coefficient (Wildman–Crippen LogP) is 13.2. The van der Waals surface area contributed by atoms with Gasteiger partial charge in [0.05, 0.1) is 78.0 Å². The molecule has 0 atom stereocenters. The predicted molar refractivity (Wildman–Crippen MR) is 292 cm³/mol. The number of hydrogen-bond donors (Lipinski definition) is 8. The Hall–Kier alpha value is -9.80. The minimum atomic E-state index is -5.13. The van der Waals surface area contributed by atoms with Crippen LogP contribution in [-0.4, -0.2) is 51.9 Å². The van der Waals surface area contributed by atoms with Crippen molar-refractivity contribution in [2.24, 2.45) is 61.4 Å². The first-order valence-corrected chi connectivity index (χ1v) is 28.0. The van der Waals surface area contributed by atoms with E-state index in [1.807, 2.05) is 0 Å². The normalized spacial score (nSPS) is 12.8. The zero-order chi connectivity index (χ0) is 57.6. The third-order valence-corrected chi connectivity index (χ3v) is 14.3. The van der Waals surface area contributed by atoms with E-state index in [2.05, 4.69) is 61.4 Å². The Labute approximate surface area is 453 Å². The molecule has 28 nitrogen and oxygen atoms in total. The average Bonchev–Trinajstić information content (AvgIpc) is 3.42. The average molecular weight is 1160 g/mol. The Morgan fingerprint density at radius 2 is 0.463 bits per heavy atom. The maximum absolute atomic E-state index is 12.8. The number of rotatable bonds is 17. The second-order valence-corrected chi connectivity index (χ2v) is 22.0. The Kier molecular flexibility index (Phi) is 16.2. The molecule has 0 saturated carbocycles. The second-order valence-electron chi connectivity index (χ2n) is 16.4. The summed E-state index contributed by atoms with van der Waals surface area (Å²) in [6, 6.07) is 34.7. The molecule has 8 rings (SSSR count). The van der Waals surface area contributed by atoms with Crippen molar-refractivity contribution in [2.75, 3.05) is 22.9 Å². The molecule has 32 heteroatoms. The molecule has 80 heavy (non-hydrogen) atoms. The van der Waals surface area contributed by atoms with E-state index in [-0.39, 0.29) is 77.8 Å². The van der Waals surface area contributed by atoms with E-state index >= 15 is 0 Å². The lowest BCUT2D eigenvalue weighted by molar-refractivity contribution is 0.480. The van der Waals surface area contributed by atoms with Gasteiger partial charge in [0.25, 0.3) is 40.5 Å². The molecule has 0 radical (unpaired) electrons. The Morgan fingerprint density at radius 3 is 0.700 bits per heavy atom. The van der Waals surface area contributed by atoms with Crippen molar-refractivity contribution in [1.82, 2.24) is 0 Å². The summed E-state index contributed by atoms with van der Waals surface area (Å²) in [5, 5.41) is 49.2. The van der Waals surface area contributed by atoms with Crippen LogP contribution in [0.15, 0.2) is 239 Å². The van der Waals surface area contributed by atoms with Gasteiger partial charge < -0.3 is 22.9 Å². The van der Waals surface area contributed by atoms with E-state index in [1.165, 1.54) is 84.9 Å². The van der Waals surface area contributed by atoms with Gasteiger partial charge in [-0.3, -0.25) is 18.2 Å². The maximum atomic E-state index is 12.8. The quantitative estimate of drug-likeness (QED) is 0.0238. The number of hydrogen-bond acceptors (Lipinski definition) is 24. The summed E-state index contributed by atoms with van der Waals surface area (Å²) >= 11 is 0. The molecule has 0 aliphatic heterocycles. The number of nitrogens with two attached hydrogens (primary N) is 4. The molecule has 0 heterocycles. The highest BCUT2D eigenvalue weighted by Crippen LogP contribution is 2.41. The third-order valence-electron chi connectivity index (χ3n) is 10.8. The van der Waals surface area contributed by atoms with Crippen LogP contribution >= 0.6 is 0 Å². The van der Waals surface area contributed by atoms with Gasteiger partial charge >= 0.3 is 0 Å². The Bertz CT molecular complexity index is 4090. The van der Waals surface area contributed by atoms with Gasteiger partial charge in [0.2, 0.25) is 0 Å². The number of azo groups is 6. The van der Waals surface area contributed by atoms with Crippen LogP contribution in [0.5, 0.6) is 0 Å². The monoisotopic (exact) mass is 1160 g/mol. The van der Waals surface area contributed by atoms with Gasteiger partial charge in [-0.2, -0.15) is 74.6 Å². The van der Waals surface area contributed by atoms with Gasteiger partial charge in [-0.05, 0) is 146 Å². The largest absolute Gasteiger partial charge is 0.397 e. The SMILES string of the molecule is Nc1cc(N)c(N=Nc2ccc(-c3ccc(N=Nc4cc(N=Nc5ccc(/N=N/c6ccc(S(=O)(=O)O)cc6)cc5)c(N)cc4N)cc3S(=O)(=O)O)c(S(=O)(=O)O)c2)cc1N=Nc1ccc(N=Nc2ccc(S(=O)(=O)O)cc2)cc1. The molecule has 406 valence electrons. The fourth-order valence-corrected chi connectivity index (χ4v) is 9.22. The lowest BCUT2D eigenvalue weighted by atomic mass is 10.0. The van der Waals surface area contributed by atoms with Gasteiger partial charge in [0, 0.05) is 11.1 Å². The van der Waals surface area contributed by atoms with Gasteiger partial charge in [0.15, 0.2) is 0 Å². The van der Waals surface area contributed by atoms with Crippen molar-refractivity contribution in [3.05, 3.63) is 158 Å². The van der Waals surface area contributed by atoms with Gasteiger partial charge in [0.1, 0.15) is 32.5 Å². The van der Waals surface area contributed by atoms with Crippen molar-refractivity contribution in [3.8, 4) is 11.1 Å². The van der Waals surface area contributed by atoms with Crippen LogP contribution in [0.2, 0.25) is 0 Å². The molecule has 0 amide bonds. The van der Waals surface area contributed by atoms with Gasteiger partial charge in [-0.25, -0.2) is 0 Å². The minimum Gasteiger partial charge on any atom is -0.397 e. The smallest absolute Gasteiger partial charge is 0.295 e. The van der Waals surface area contributed by atoms with E-state index in [0.717, 1.165) is 24.3 Å². The minimum absolute atomic E-state index is 0.0180. The van der Waals surface area contributed by atoms with Crippen molar-refractivity contribution in [1.29, 1.82) is 0 Å². The molecule has 0 bridgehead atoms. The summed E-state index contributed by atoms with van der Waals surface area (Å²) in [6.45, 7) is 0.